The fraction of sp³-hybridized carbons (Fsp3) is 0.700. The van der Waals surface area contributed by atoms with Gasteiger partial charge in [0, 0.05) is 11.6 Å². The van der Waals surface area contributed by atoms with Gasteiger partial charge in [-0.2, -0.15) is 0 Å². The van der Waals surface area contributed by atoms with E-state index in [4.69, 9.17) is 4.74 Å². The van der Waals surface area contributed by atoms with Crippen LogP contribution in [0.15, 0.2) is 18.2 Å². The molecular formula is C30H49N3O4. The van der Waals surface area contributed by atoms with E-state index in [9.17, 15) is 14.4 Å². The number of hydrogen-bond acceptors (Lipinski definition) is 4. The first-order chi connectivity index (χ1) is 17.0. The Balaban J connectivity index is 2.57. The molecule has 7 heteroatoms. The molecule has 2 rings (SSSR count). The van der Waals surface area contributed by atoms with Crippen molar-refractivity contribution in [2.75, 3.05) is 0 Å². The minimum atomic E-state index is -0.858. The monoisotopic (exact) mass is 515 g/mol. The molecule has 2 unspecified atom stereocenters. The lowest BCUT2D eigenvalue weighted by atomic mass is 9.88. The van der Waals surface area contributed by atoms with Crippen molar-refractivity contribution >= 4 is 17.9 Å². The number of nitrogens with one attached hydrogen (secondary N) is 2. The van der Waals surface area contributed by atoms with Crippen molar-refractivity contribution in [3.05, 3.63) is 34.9 Å². The van der Waals surface area contributed by atoms with Gasteiger partial charge < -0.3 is 20.3 Å². The first-order valence-corrected chi connectivity index (χ1v) is 13.7. The van der Waals surface area contributed by atoms with Crippen LogP contribution < -0.4 is 10.6 Å². The van der Waals surface area contributed by atoms with E-state index < -0.39 is 29.3 Å². The first-order valence-electron chi connectivity index (χ1n) is 13.7. The molecule has 0 bridgehead atoms. The molecule has 0 saturated heterocycles. The Morgan fingerprint density at radius 1 is 0.946 bits per heavy atom. The van der Waals surface area contributed by atoms with Gasteiger partial charge in [-0.3, -0.25) is 9.59 Å². The van der Waals surface area contributed by atoms with E-state index in [0.717, 1.165) is 42.4 Å². The number of amides is 3. The zero-order valence-electron chi connectivity index (χ0n) is 24.7. The van der Waals surface area contributed by atoms with Crippen LogP contribution in [-0.4, -0.2) is 46.0 Å². The van der Waals surface area contributed by atoms with Crippen LogP contribution in [0.25, 0.3) is 0 Å². The van der Waals surface area contributed by atoms with Crippen molar-refractivity contribution in [2.45, 2.75) is 131 Å². The number of aryl methyl sites for hydroxylation is 2. The normalized spacial score (nSPS) is 16.6. The molecule has 37 heavy (non-hydrogen) atoms. The summed E-state index contributed by atoms with van der Waals surface area (Å²) in [6.45, 7) is 18.9. The predicted molar refractivity (Wildman–Crippen MR) is 148 cm³/mol. The van der Waals surface area contributed by atoms with Gasteiger partial charge in [0.15, 0.2) is 0 Å². The van der Waals surface area contributed by atoms with Crippen molar-refractivity contribution in [1.82, 2.24) is 15.5 Å². The summed E-state index contributed by atoms with van der Waals surface area (Å²) in [4.78, 5) is 42.8. The molecule has 1 fully saturated rings. The van der Waals surface area contributed by atoms with Crippen molar-refractivity contribution < 1.29 is 19.1 Å². The van der Waals surface area contributed by atoms with E-state index in [-0.39, 0.29) is 23.8 Å². The molecule has 3 amide bonds. The maximum absolute atomic E-state index is 14.3. The van der Waals surface area contributed by atoms with Crippen LogP contribution in [0.2, 0.25) is 0 Å². The molecule has 0 spiro atoms. The van der Waals surface area contributed by atoms with Gasteiger partial charge in [0.25, 0.3) is 0 Å². The maximum Gasteiger partial charge on any atom is 0.408 e. The SMILES string of the molecule is Cc1cccc(C)c1C(C(=O)NC1CCCCC1)N(C(=O)C(NC(=O)OC(C)(C)C)C(C)C)C(C)(C)C. The van der Waals surface area contributed by atoms with Gasteiger partial charge in [-0.1, -0.05) is 51.3 Å². The van der Waals surface area contributed by atoms with Gasteiger partial charge in [0.1, 0.15) is 17.7 Å². The second kappa shape index (κ2) is 12.3. The standard InChI is InChI=1S/C30H49N3O4/c1-19(2)24(32-28(36)37-30(8,9)10)27(35)33(29(5,6)7)25(23-20(3)15-14-16-21(23)4)26(34)31-22-17-12-11-13-18-22/h14-16,19,22,24-25H,11-13,17-18H2,1-10H3,(H,31,34)(H,32,36). The van der Waals surface area contributed by atoms with E-state index in [1.54, 1.807) is 25.7 Å². The topological polar surface area (TPSA) is 87.7 Å². The van der Waals surface area contributed by atoms with Crippen molar-refractivity contribution in [2.24, 2.45) is 5.92 Å². The van der Waals surface area contributed by atoms with Crippen molar-refractivity contribution in [3.63, 3.8) is 0 Å². The summed E-state index contributed by atoms with van der Waals surface area (Å²) >= 11 is 0. The lowest BCUT2D eigenvalue weighted by molar-refractivity contribution is -0.149. The van der Waals surface area contributed by atoms with Crippen LogP contribution in [-0.2, 0) is 14.3 Å². The molecule has 0 aliphatic heterocycles. The fourth-order valence-corrected chi connectivity index (χ4v) is 5.11. The Morgan fingerprint density at radius 3 is 1.95 bits per heavy atom. The highest BCUT2D eigenvalue weighted by Gasteiger charge is 2.44. The van der Waals surface area contributed by atoms with Gasteiger partial charge in [-0.05, 0) is 90.8 Å². The number of ether oxygens (including phenoxy) is 1. The van der Waals surface area contributed by atoms with Crippen LogP contribution in [0, 0.1) is 19.8 Å². The number of alkyl carbamates (subject to hydrolysis) is 1. The largest absolute Gasteiger partial charge is 0.444 e. The number of carbonyl (C=O) groups is 3. The molecule has 0 aromatic heterocycles. The zero-order valence-corrected chi connectivity index (χ0v) is 24.7. The van der Waals surface area contributed by atoms with Gasteiger partial charge in [-0.25, -0.2) is 4.79 Å². The van der Waals surface area contributed by atoms with Gasteiger partial charge >= 0.3 is 6.09 Å². The zero-order chi connectivity index (χ0) is 28.1. The summed E-state index contributed by atoms with van der Waals surface area (Å²) in [5, 5.41) is 6.07. The summed E-state index contributed by atoms with van der Waals surface area (Å²) in [7, 11) is 0. The average Bonchev–Trinajstić information content (AvgIpc) is 2.74. The minimum Gasteiger partial charge on any atom is -0.444 e. The lowest BCUT2D eigenvalue weighted by Gasteiger charge is -2.44. The van der Waals surface area contributed by atoms with Crippen molar-refractivity contribution in [3.8, 4) is 0 Å². The third-order valence-corrected chi connectivity index (χ3v) is 6.84. The molecule has 2 atom stereocenters. The molecule has 2 N–H and O–H groups in total. The highest BCUT2D eigenvalue weighted by molar-refractivity contribution is 5.93. The summed E-state index contributed by atoms with van der Waals surface area (Å²) < 4.78 is 5.47. The van der Waals surface area contributed by atoms with E-state index in [1.165, 1.54) is 6.42 Å². The summed E-state index contributed by atoms with van der Waals surface area (Å²) in [5.41, 5.74) is 1.33. The Labute approximate surface area is 224 Å². The van der Waals surface area contributed by atoms with Crippen LogP contribution in [0.4, 0.5) is 4.79 Å². The van der Waals surface area contributed by atoms with E-state index >= 15 is 0 Å². The second-order valence-corrected chi connectivity index (χ2v) is 12.8. The molecule has 1 aromatic carbocycles. The van der Waals surface area contributed by atoms with E-state index in [2.05, 4.69) is 10.6 Å². The van der Waals surface area contributed by atoms with Crippen LogP contribution in [0.5, 0.6) is 0 Å². The van der Waals surface area contributed by atoms with Crippen LogP contribution in [0.3, 0.4) is 0 Å². The predicted octanol–water partition coefficient (Wildman–Crippen LogP) is 5.97. The third kappa shape index (κ3) is 8.47. The van der Waals surface area contributed by atoms with Crippen LogP contribution in [0.1, 0.15) is 110 Å². The molecule has 1 aliphatic rings. The molecule has 0 radical (unpaired) electrons. The highest BCUT2D eigenvalue weighted by atomic mass is 16.6. The van der Waals surface area contributed by atoms with Gasteiger partial charge in [0.05, 0.1) is 0 Å². The third-order valence-electron chi connectivity index (χ3n) is 6.84. The Hall–Kier alpha value is -2.57. The smallest absolute Gasteiger partial charge is 0.408 e. The van der Waals surface area contributed by atoms with E-state index in [1.807, 2.05) is 66.7 Å². The number of hydrogen-bond donors (Lipinski definition) is 2. The average molecular weight is 516 g/mol. The van der Waals surface area contributed by atoms with Crippen LogP contribution >= 0.6 is 0 Å². The number of rotatable bonds is 7. The van der Waals surface area contributed by atoms with Crippen molar-refractivity contribution in [1.29, 1.82) is 0 Å². The lowest BCUT2D eigenvalue weighted by Crippen LogP contribution is -2.60. The highest BCUT2D eigenvalue weighted by Crippen LogP contribution is 2.34. The molecule has 7 nitrogen and oxygen atoms in total. The Morgan fingerprint density at radius 2 is 1.49 bits per heavy atom. The molecule has 1 aromatic rings. The fourth-order valence-electron chi connectivity index (χ4n) is 5.11. The molecular weight excluding hydrogens is 466 g/mol. The summed E-state index contributed by atoms with van der Waals surface area (Å²) in [6.07, 6.45) is 4.62. The number of benzene rings is 1. The second-order valence-electron chi connectivity index (χ2n) is 12.8. The Bertz CT molecular complexity index is 932. The quantitative estimate of drug-likeness (QED) is 0.468. The first kappa shape index (κ1) is 30.7. The maximum atomic E-state index is 14.3. The Kier molecular flexibility index (Phi) is 10.2. The van der Waals surface area contributed by atoms with E-state index in [0.29, 0.717) is 0 Å². The van der Waals surface area contributed by atoms with Gasteiger partial charge in [-0.15, -0.1) is 0 Å². The minimum absolute atomic E-state index is 0.103. The number of carbonyl (C=O) groups excluding carboxylic acids is 3. The molecule has 1 saturated carbocycles. The molecule has 0 heterocycles. The van der Waals surface area contributed by atoms with Gasteiger partial charge in [0.2, 0.25) is 11.8 Å². The number of nitrogens with zero attached hydrogens (tertiary/aromatic N) is 1. The summed E-state index contributed by atoms with van der Waals surface area (Å²) in [5.74, 6) is -0.697. The summed E-state index contributed by atoms with van der Waals surface area (Å²) in [6, 6.07) is 4.33. The molecule has 1 aliphatic carbocycles. The molecule has 208 valence electrons.